The zero-order chi connectivity index (χ0) is 17.4. The van der Waals surface area contributed by atoms with Gasteiger partial charge in [-0.1, -0.05) is 18.2 Å². The van der Waals surface area contributed by atoms with Gasteiger partial charge in [-0.3, -0.25) is 9.78 Å². The van der Waals surface area contributed by atoms with E-state index in [-0.39, 0.29) is 6.04 Å². The molecule has 1 aliphatic rings. The van der Waals surface area contributed by atoms with Gasteiger partial charge < -0.3 is 14.6 Å². The van der Waals surface area contributed by atoms with Crippen LogP contribution in [0.25, 0.3) is 10.9 Å². The van der Waals surface area contributed by atoms with Gasteiger partial charge in [0.2, 0.25) is 6.41 Å². The number of para-hydroxylation sites is 1. The Bertz CT molecular complexity index is 935. The first kappa shape index (κ1) is 15.4. The van der Waals surface area contributed by atoms with Gasteiger partial charge in [-0.2, -0.15) is 0 Å². The number of esters is 1. The summed E-state index contributed by atoms with van der Waals surface area (Å²) in [5.41, 5.74) is 3.86. The molecular weight excluding hydrogens is 318 g/mol. The van der Waals surface area contributed by atoms with E-state index in [4.69, 9.17) is 4.74 Å². The molecule has 1 aliphatic heterocycles. The zero-order valence-electron chi connectivity index (χ0n) is 13.7. The zero-order valence-corrected chi connectivity index (χ0v) is 13.7. The molecule has 0 bridgehead atoms. The van der Waals surface area contributed by atoms with Crippen LogP contribution in [0.3, 0.4) is 0 Å². The lowest BCUT2D eigenvalue weighted by molar-refractivity contribution is -0.151. The summed E-state index contributed by atoms with van der Waals surface area (Å²) in [6.07, 6.45) is 4.51. The molecule has 6 heteroatoms. The molecule has 3 heterocycles. The molecule has 2 aromatic heterocycles. The van der Waals surface area contributed by atoms with Crippen LogP contribution in [0, 0.1) is 0 Å². The molecule has 1 N–H and O–H groups in total. The molecule has 126 valence electrons. The van der Waals surface area contributed by atoms with Crippen LogP contribution in [0.15, 0.2) is 48.8 Å². The van der Waals surface area contributed by atoms with Crippen molar-refractivity contribution in [2.24, 2.45) is 0 Å². The van der Waals surface area contributed by atoms with Gasteiger partial charge in [-0.25, -0.2) is 4.79 Å². The third-order valence-electron chi connectivity index (χ3n) is 4.79. The van der Waals surface area contributed by atoms with Crippen molar-refractivity contribution in [2.75, 3.05) is 7.11 Å². The molecule has 1 unspecified atom stereocenters. The van der Waals surface area contributed by atoms with Crippen molar-refractivity contribution in [3.05, 3.63) is 65.6 Å². The van der Waals surface area contributed by atoms with E-state index in [2.05, 4.69) is 9.97 Å². The van der Waals surface area contributed by atoms with Crippen LogP contribution in [-0.4, -0.2) is 40.4 Å². The lowest BCUT2D eigenvalue weighted by atomic mass is 9.89. The number of methoxy groups -OCH3 is 1. The Kier molecular flexibility index (Phi) is 3.72. The summed E-state index contributed by atoms with van der Waals surface area (Å²) in [5, 5.41) is 1.07. The quantitative estimate of drug-likeness (QED) is 0.588. The van der Waals surface area contributed by atoms with Gasteiger partial charge in [0.05, 0.1) is 13.2 Å². The number of hydrogen-bond donors (Lipinski definition) is 1. The molecule has 0 aliphatic carbocycles. The summed E-state index contributed by atoms with van der Waals surface area (Å²) in [5.74, 6) is -0.415. The lowest BCUT2D eigenvalue weighted by Gasteiger charge is -2.38. The standard InChI is InChI=1S/C19H17N3O3/c1-25-19(24)16-10-14-13-4-2-3-5-15(13)21-17(14)18(22(16)11-23)12-6-8-20-9-7-12/h2-9,11,16,18,21H,10H2,1H3/t16-,18?/m0/s1. The van der Waals surface area contributed by atoms with Gasteiger partial charge >= 0.3 is 5.97 Å². The Balaban J connectivity index is 1.96. The number of ether oxygens (including phenoxy) is 1. The van der Waals surface area contributed by atoms with Gasteiger partial charge in [0.1, 0.15) is 6.04 Å². The summed E-state index contributed by atoms with van der Waals surface area (Å²) >= 11 is 0. The Morgan fingerprint density at radius 2 is 2.04 bits per heavy atom. The van der Waals surface area contributed by atoms with Gasteiger partial charge in [0.15, 0.2) is 0 Å². The number of benzene rings is 1. The maximum atomic E-state index is 12.3. The average molecular weight is 335 g/mol. The van der Waals surface area contributed by atoms with Crippen molar-refractivity contribution in [1.29, 1.82) is 0 Å². The number of nitrogens with one attached hydrogen (secondary N) is 1. The minimum absolute atomic E-state index is 0.388. The Labute approximate surface area is 144 Å². The number of rotatable bonds is 3. The van der Waals surface area contributed by atoms with Gasteiger partial charge in [0, 0.05) is 35.4 Å². The molecule has 0 radical (unpaired) electrons. The number of hydrogen-bond acceptors (Lipinski definition) is 4. The topological polar surface area (TPSA) is 75.3 Å². The van der Waals surface area contributed by atoms with E-state index in [0.29, 0.717) is 6.42 Å². The van der Waals surface area contributed by atoms with E-state index in [1.54, 1.807) is 12.4 Å². The van der Waals surface area contributed by atoms with Crippen molar-refractivity contribution in [1.82, 2.24) is 14.9 Å². The first-order valence-corrected chi connectivity index (χ1v) is 8.04. The fourth-order valence-corrected chi connectivity index (χ4v) is 3.66. The van der Waals surface area contributed by atoms with Crippen LogP contribution in [0.2, 0.25) is 0 Å². The van der Waals surface area contributed by atoms with Crippen LogP contribution in [-0.2, 0) is 20.7 Å². The molecule has 3 aromatic rings. The van der Waals surface area contributed by atoms with Crippen LogP contribution >= 0.6 is 0 Å². The molecular formula is C19H17N3O3. The highest BCUT2D eigenvalue weighted by molar-refractivity contribution is 5.88. The van der Waals surface area contributed by atoms with Crippen LogP contribution in [0.1, 0.15) is 22.9 Å². The third-order valence-corrected chi connectivity index (χ3v) is 4.79. The predicted molar refractivity (Wildman–Crippen MR) is 91.8 cm³/mol. The first-order valence-electron chi connectivity index (χ1n) is 8.04. The van der Waals surface area contributed by atoms with Crippen molar-refractivity contribution in [3.8, 4) is 0 Å². The van der Waals surface area contributed by atoms with E-state index >= 15 is 0 Å². The van der Waals surface area contributed by atoms with Crippen molar-refractivity contribution < 1.29 is 14.3 Å². The van der Waals surface area contributed by atoms with Crippen LogP contribution < -0.4 is 0 Å². The minimum Gasteiger partial charge on any atom is -0.467 e. The summed E-state index contributed by atoms with van der Waals surface area (Å²) in [6.45, 7) is 0. The molecule has 0 spiro atoms. The molecule has 6 nitrogen and oxygen atoms in total. The number of nitrogens with zero attached hydrogens (tertiary/aromatic N) is 2. The fraction of sp³-hybridized carbons (Fsp3) is 0.211. The van der Waals surface area contributed by atoms with E-state index in [9.17, 15) is 9.59 Å². The largest absolute Gasteiger partial charge is 0.467 e. The second kappa shape index (κ2) is 6.05. The number of carbonyl (C=O) groups excluding carboxylic acids is 2. The molecule has 1 aromatic carbocycles. The van der Waals surface area contributed by atoms with Gasteiger partial charge in [0.25, 0.3) is 0 Å². The monoisotopic (exact) mass is 335 g/mol. The van der Waals surface area contributed by atoms with Crippen molar-refractivity contribution in [2.45, 2.75) is 18.5 Å². The van der Waals surface area contributed by atoms with E-state index in [0.717, 1.165) is 34.1 Å². The first-order chi connectivity index (χ1) is 12.2. The average Bonchev–Trinajstić information content (AvgIpc) is 3.04. The van der Waals surface area contributed by atoms with Crippen LogP contribution in [0.4, 0.5) is 0 Å². The highest BCUT2D eigenvalue weighted by Gasteiger charge is 2.40. The normalized spacial score (nSPS) is 19.5. The fourth-order valence-electron chi connectivity index (χ4n) is 3.66. The Morgan fingerprint density at radius 1 is 1.28 bits per heavy atom. The number of aromatic amines is 1. The summed E-state index contributed by atoms with van der Waals surface area (Å²) in [6, 6.07) is 10.6. The van der Waals surface area contributed by atoms with Crippen LogP contribution in [0.5, 0.6) is 0 Å². The number of fused-ring (bicyclic) bond motifs is 3. The maximum Gasteiger partial charge on any atom is 0.328 e. The number of carbonyl (C=O) groups is 2. The van der Waals surface area contributed by atoms with Crippen molar-refractivity contribution >= 4 is 23.3 Å². The summed E-state index contributed by atoms with van der Waals surface area (Å²) in [7, 11) is 1.34. The maximum absolute atomic E-state index is 12.3. The predicted octanol–water partition coefficient (Wildman–Crippen LogP) is 2.21. The molecule has 25 heavy (non-hydrogen) atoms. The molecule has 0 saturated heterocycles. The number of aromatic nitrogens is 2. The minimum atomic E-state index is -0.660. The van der Waals surface area contributed by atoms with E-state index in [1.165, 1.54) is 12.0 Å². The molecule has 1 amide bonds. The highest BCUT2D eigenvalue weighted by atomic mass is 16.5. The van der Waals surface area contributed by atoms with Gasteiger partial charge in [-0.05, 0) is 29.3 Å². The lowest BCUT2D eigenvalue weighted by Crippen LogP contribution is -2.48. The number of amides is 1. The molecule has 4 rings (SSSR count). The third kappa shape index (κ3) is 2.38. The SMILES string of the molecule is COC(=O)[C@@H]1Cc2c([nH]c3ccccc23)C(c2ccncc2)N1C=O. The van der Waals surface area contributed by atoms with E-state index < -0.39 is 12.0 Å². The van der Waals surface area contributed by atoms with Crippen molar-refractivity contribution in [3.63, 3.8) is 0 Å². The van der Waals surface area contributed by atoms with E-state index in [1.807, 2.05) is 36.4 Å². The molecule has 2 atom stereocenters. The molecule has 0 fully saturated rings. The van der Waals surface area contributed by atoms with Gasteiger partial charge in [-0.15, -0.1) is 0 Å². The summed E-state index contributed by atoms with van der Waals surface area (Å²) in [4.78, 5) is 33.2. The number of pyridine rings is 1. The Morgan fingerprint density at radius 3 is 2.76 bits per heavy atom. The Hall–Kier alpha value is -3.15. The highest BCUT2D eigenvalue weighted by Crippen LogP contribution is 2.40. The smallest absolute Gasteiger partial charge is 0.328 e. The summed E-state index contributed by atoms with van der Waals surface area (Å²) < 4.78 is 4.95. The second-order valence-corrected chi connectivity index (χ2v) is 6.04. The number of H-pyrrole nitrogens is 1. The second-order valence-electron chi connectivity index (χ2n) is 6.04. The molecule has 0 saturated carbocycles.